The number of Topliss-reactive ketones (excluding diaryl/α,β-unsaturated/α-hetero) is 1. The van der Waals surface area contributed by atoms with E-state index in [0.717, 1.165) is 16.8 Å². The van der Waals surface area contributed by atoms with E-state index in [9.17, 15) is 19.2 Å². The monoisotopic (exact) mass is 476 g/mol. The molecule has 2 heterocycles. The Hall–Kier alpha value is -3.78. The molecule has 0 atom stereocenters. The molecule has 35 heavy (non-hydrogen) atoms. The fourth-order valence-corrected chi connectivity index (χ4v) is 4.57. The SMILES string of the molecule is COCCn1c(C)cc(C(=O)COC(=O)CCCN2C(=O)c3cccc4cccc(c34)C2=O)c1C. The molecule has 0 N–H and O–H groups in total. The summed E-state index contributed by atoms with van der Waals surface area (Å²) < 4.78 is 12.3. The predicted octanol–water partition coefficient (Wildman–Crippen LogP) is 3.71. The summed E-state index contributed by atoms with van der Waals surface area (Å²) in [7, 11) is 1.62. The number of amides is 2. The molecule has 0 fully saturated rings. The third kappa shape index (κ3) is 4.74. The quantitative estimate of drug-likeness (QED) is 0.252. The zero-order chi connectivity index (χ0) is 25.1. The Labute approximate surface area is 203 Å². The van der Waals surface area contributed by atoms with E-state index in [2.05, 4.69) is 0 Å². The molecule has 3 aromatic rings. The number of rotatable bonds is 10. The molecule has 4 rings (SSSR count). The van der Waals surface area contributed by atoms with Crippen molar-refractivity contribution in [1.29, 1.82) is 0 Å². The van der Waals surface area contributed by atoms with Crippen molar-refractivity contribution >= 4 is 34.3 Å². The summed E-state index contributed by atoms with van der Waals surface area (Å²) in [5.74, 6) is -1.56. The minimum Gasteiger partial charge on any atom is -0.457 e. The van der Waals surface area contributed by atoms with E-state index in [0.29, 0.717) is 35.2 Å². The van der Waals surface area contributed by atoms with Crippen molar-refractivity contribution in [2.24, 2.45) is 0 Å². The molecule has 1 aromatic heterocycles. The normalized spacial score (nSPS) is 12.9. The van der Waals surface area contributed by atoms with Crippen LogP contribution in [-0.2, 0) is 20.8 Å². The van der Waals surface area contributed by atoms with E-state index in [4.69, 9.17) is 9.47 Å². The highest BCUT2D eigenvalue weighted by atomic mass is 16.5. The van der Waals surface area contributed by atoms with E-state index < -0.39 is 5.97 Å². The van der Waals surface area contributed by atoms with Gasteiger partial charge in [-0.05, 0) is 43.9 Å². The van der Waals surface area contributed by atoms with Gasteiger partial charge in [-0.25, -0.2) is 0 Å². The maximum atomic E-state index is 12.9. The fraction of sp³-hybridized carbons (Fsp3) is 0.333. The number of carbonyl (C=O) groups is 4. The molecular weight excluding hydrogens is 448 g/mol. The van der Waals surface area contributed by atoms with E-state index in [1.165, 1.54) is 4.90 Å². The maximum Gasteiger partial charge on any atom is 0.306 e. The first-order chi connectivity index (χ1) is 16.8. The second-order valence-electron chi connectivity index (χ2n) is 8.59. The molecule has 1 aliphatic rings. The predicted molar refractivity (Wildman–Crippen MR) is 130 cm³/mol. The van der Waals surface area contributed by atoms with Crippen LogP contribution in [0, 0.1) is 13.8 Å². The van der Waals surface area contributed by atoms with Crippen LogP contribution in [0.4, 0.5) is 0 Å². The second kappa shape index (κ2) is 10.2. The fourth-order valence-electron chi connectivity index (χ4n) is 4.57. The first kappa shape index (κ1) is 24.3. The minimum atomic E-state index is -0.550. The number of esters is 1. The third-order valence-electron chi connectivity index (χ3n) is 6.38. The highest BCUT2D eigenvalue weighted by Gasteiger charge is 2.32. The van der Waals surface area contributed by atoms with Gasteiger partial charge in [0.1, 0.15) is 0 Å². The van der Waals surface area contributed by atoms with Crippen LogP contribution >= 0.6 is 0 Å². The highest BCUT2D eigenvalue weighted by Crippen LogP contribution is 2.30. The van der Waals surface area contributed by atoms with Crippen LogP contribution in [0.1, 0.15) is 55.3 Å². The summed E-state index contributed by atoms with van der Waals surface area (Å²) >= 11 is 0. The van der Waals surface area contributed by atoms with E-state index >= 15 is 0 Å². The number of hydrogen-bond acceptors (Lipinski definition) is 6. The van der Waals surface area contributed by atoms with Crippen LogP contribution in [0.2, 0.25) is 0 Å². The number of nitrogens with zero attached hydrogens (tertiary/aromatic N) is 2. The van der Waals surface area contributed by atoms with Gasteiger partial charge in [-0.15, -0.1) is 0 Å². The number of carbonyl (C=O) groups excluding carboxylic acids is 4. The van der Waals surface area contributed by atoms with E-state index in [1.54, 1.807) is 37.4 Å². The van der Waals surface area contributed by atoms with Crippen LogP contribution < -0.4 is 0 Å². The van der Waals surface area contributed by atoms with Gasteiger partial charge in [-0.1, -0.05) is 24.3 Å². The summed E-state index contributed by atoms with van der Waals surface area (Å²) in [6.07, 6.45) is 0.233. The van der Waals surface area contributed by atoms with Crippen molar-refractivity contribution in [1.82, 2.24) is 9.47 Å². The van der Waals surface area contributed by atoms with Gasteiger partial charge >= 0.3 is 5.97 Å². The largest absolute Gasteiger partial charge is 0.457 e. The Kier molecular flexibility index (Phi) is 7.12. The Balaban J connectivity index is 1.31. The number of benzene rings is 2. The first-order valence-corrected chi connectivity index (χ1v) is 11.6. The van der Waals surface area contributed by atoms with Crippen LogP contribution in [0.15, 0.2) is 42.5 Å². The van der Waals surface area contributed by atoms with Gasteiger partial charge in [0, 0.05) is 60.1 Å². The van der Waals surface area contributed by atoms with Gasteiger partial charge in [0.05, 0.1) is 6.61 Å². The number of ether oxygens (including phenoxy) is 2. The summed E-state index contributed by atoms with van der Waals surface area (Å²) in [5, 5.41) is 1.51. The number of imide groups is 1. The van der Waals surface area contributed by atoms with Crippen LogP contribution in [0.3, 0.4) is 0 Å². The van der Waals surface area contributed by atoms with Gasteiger partial charge in [0.15, 0.2) is 6.61 Å². The zero-order valence-electron chi connectivity index (χ0n) is 20.1. The molecule has 0 spiro atoms. The molecule has 2 amide bonds. The zero-order valence-corrected chi connectivity index (χ0v) is 20.1. The third-order valence-corrected chi connectivity index (χ3v) is 6.38. The van der Waals surface area contributed by atoms with Crippen LogP contribution in [-0.4, -0.2) is 59.9 Å². The number of ketones is 1. The summed E-state index contributed by atoms with van der Waals surface area (Å²) in [5.41, 5.74) is 3.21. The lowest BCUT2D eigenvalue weighted by Gasteiger charge is -2.27. The summed E-state index contributed by atoms with van der Waals surface area (Å²) in [6.45, 7) is 4.66. The number of methoxy groups -OCH3 is 1. The van der Waals surface area contributed by atoms with Gasteiger partial charge in [0.25, 0.3) is 11.8 Å². The lowest BCUT2D eigenvalue weighted by atomic mass is 9.94. The van der Waals surface area contributed by atoms with E-state index in [1.807, 2.05) is 30.5 Å². The van der Waals surface area contributed by atoms with Gasteiger partial charge in [-0.2, -0.15) is 0 Å². The maximum absolute atomic E-state index is 12.9. The smallest absolute Gasteiger partial charge is 0.306 e. The van der Waals surface area contributed by atoms with Crippen molar-refractivity contribution in [3.05, 3.63) is 70.5 Å². The Morgan fingerprint density at radius 2 is 1.60 bits per heavy atom. The van der Waals surface area contributed by atoms with Crippen molar-refractivity contribution < 1.29 is 28.7 Å². The van der Waals surface area contributed by atoms with Gasteiger partial charge in [0.2, 0.25) is 5.78 Å². The van der Waals surface area contributed by atoms with Crippen LogP contribution in [0.5, 0.6) is 0 Å². The molecule has 0 saturated heterocycles. The molecule has 0 saturated carbocycles. The Bertz CT molecular complexity index is 1270. The lowest BCUT2D eigenvalue weighted by molar-refractivity contribution is -0.142. The molecule has 8 nitrogen and oxygen atoms in total. The standard InChI is InChI=1S/C27H28N2O6/c1-17-15-22(18(2)28(17)13-14-34-3)23(30)16-35-24(31)11-6-12-29-26(32)20-9-4-7-19-8-5-10-21(25(19)20)27(29)33/h4-5,7-10,15H,6,11-14,16H2,1-3H3. The van der Waals surface area contributed by atoms with Crippen molar-refractivity contribution in [3.63, 3.8) is 0 Å². The molecular formula is C27H28N2O6. The van der Waals surface area contributed by atoms with Crippen LogP contribution in [0.25, 0.3) is 10.8 Å². The molecule has 0 radical (unpaired) electrons. The Morgan fingerprint density at radius 3 is 2.23 bits per heavy atom. The number of aryl methyl sites for hydroxylation is 1. The highest BCUT2D eigenvalue weighted by molar-refractivity contribution is 6.25. The Morgan fingerprint density at radius 1 is 0.943 bits per heavy atom. The molecule has 0 aliphatic carbocycles. The van der Waals surface area contributed by atoms with Crippen molar-refractivity contribution in [2.45, 2.75) is 33.2 Å². The number of hydrogen-bond donors (Lipinski definition) is 0. The van der Waals surface area contributed by atoms with Crippen molar-refractivity contribution in [3.8, 4) is 0 Å². The van der Waals surface area contributed by atoms with Gasteiger partial charge < -0.3 is 14.0 Å². The molecule has 1 aliphatic heterocycles. The lowest BCUT2D eigenvalue weighted by Crippen LogP contribution is -2.41. The molecule has 182 valence electrons. The average molecular weight is 477 g/mol. The molecule has 8 heteroatoms. The van der Waals surface area contributed by atoms with Gasteiger partial charge in [-0.3, -0.25) is 24.1 Å². The summed E-state index contributed by atoms with van der Waals surface area (Å²) in [6, 6.07) is 12.5. The topological polar surface area (TPSA) is 94.9 Å². The second-order valence-corrected chi connectivity index (χ2v) is 8.59. The average Bonchev–Trinajstić information content (AvgIpc) is 3.14. The summed E-state index contributed by atoms with van der Waals surface area (Å²) in [4.78, 5) is 51.9. The molecule has 0 unspecified atom stereocenters. The minimum absolute atomic E-state index is 0.0109. The first-order valence-electron chi connectivity index (χ1n) is 11.6. The molecule has 2 aromatic carbocycles. The number of aromatic nitrogens is 1. The molecule has 0 bridgehead atoms. The van der Waals surface area contributed by atoms with Crippen molar-refractivity contribution in [2.75, 3.05) is 26.9 Å². The van der Waals surface area contributed by atoms with E-state index in [-0.39, 0.29) is 43.6 Å².